The average Bonchev–Trinajstić information content (AvgIpc) is 2.77. The molecule has 0 radical (unpaired) electrons. The van der Waals surface area contributed by atoms with Crippen LogP contribution in [0.25, 0.3) is 0 Å². The first kappa shape index (κ1) is 27.8. The number of anilines is 1. The van der Waals surface area contributed by atoms with Crippen molar-refractivity contribution in [1.29, 1.82) is 0 Å². The van der Waals surface area contributed by atoms with Crippen molar-refractivity contribution in [1.82, 2.24) is 10.7 Å². The van der Waals surface area contributed by atoms with Crippen molar-refractivity contribution in [3.8, 4) is 0 Å². The van der Waals surface area contributed by atoms with Gasteiger partial charge in [-0.25, -0.2) is 9.13 Å². The van der Waals surface area contributed by atoms with E-state index in [9.17, 15) is 9.59 Å². The molecule has 32 heavy (non-hydrogen) atoms. The van der Waals surface area contributed by atoms with Gasteiger partial charge >= 0.3 is 11.8 Å². The van der Waals surface area contributed by atoms with Crippen LogP contribution >= 0.6 is 0 Å². The zero-order chi connectivity index (χ0) is 21.3. The molecule has 0 aliphatic heterocycles. The van der Waals surface area contributed by atoms with Crippen LogP contribution in [0.15, 0.2) is 73.3 Å². The number of carbonyl (C=O) groups is 2. The third-order valence-electron chi connectivity index (χ3n) is 4.77. The highest BCUT2D eigenvalue weighted by molar-refractivity contribution is 6.35. The van der Waals surface area contributed by atoms with Gasteiger partial charge in [-0.2, -0.15) is 0 Å². The Kier molecular flexibility index (Phi) is 12.1. The molecule has 0 aliphatic carbocycles. The number of aryl methyl sites for hydroxylation is 4. The number of carbonyl (C=O) groups excluding carboxylic acids is 2. The number of amides is 2. The van der Waals surface area contributed by atoms with E-state index in [1.54, 1.807) is 0 Å². The third-order valence-corrected chi connectivity index (χ3v) is 4.77. The minimum Gasteiger partial charge on any atom is -1.00 e. The maximum absolute atomic E-state index is 12.1. The van der Waals surface area contributed by atoms with E-state index in [2.05, 4.69) is 28.3 Å². The van der Waals surface area contributed by atoms with Crippen LogP contribution in [-0.2, 0) is 43.1 Å². The summed E-state index contributed by atoms with van der Waals surface area (Å²) in [5.74, 6) is -1.42. The number of para-hydroxylation sites is 1. The summed E-state index contributed by atoms with van der Waals surface area (Å²) in [4.78, 5) is 24.2. The number of hydrazine groups is 1. The standard InChI is InChI=1S/C23H25N5O2.2HI/c1-27-13-9-18(10-14-27)7-8-20-5-3-4-6-21(20)25-26-23(30)22(29)24-17-19-11-15-28(2)16-12-19;;/h3-6,9-16H,7-8,17H2,1-2H3,(H-2,24,25,26,29,30);2*1H. The topological polar surface area (TPSA) is 78.0 Å². The molecule has 3 aromatic rings. The molecule has 0 atom stereocenters. The molecule has 0 spiro atoms. The van der Waals surface area contributed by atoms with Gasteiger partial charge < -0.3 is 53.3 Å². The smallest absolute Gasteiger partial charge is 0.327 e. The van der Waals surface area contributed by atoms with Crippen LogP contribution in [0.5, 0.6) is 0 Å². The zero-order valence-corrected chi connectivity index (χ0v) is 22.3. The van der Waals surface area contributed by atoms with Gasteiger partial charge in [0, 0.05) is 30.8 Å². The summed E-state index contributed by atoms with van der Waals surface area (Å²) < 4.78 is 3.90. The maximum Gasteiger partial charge on any atom is 0.327 e. The minimum absolute atomic E-state index is 0. The van der Waals surface area contributed by atoms with Gasteiger partial charge in [-0.05, 0) is 35.6 Å². The Morgan fingerprint density at radius 1 is 0.750 bits per heavy atom. The highest BCUT2D eigenvalue weighted by Gasteiger charge is 2.13. The number of nitrogens with zero attached hydrogens (tertiary/aromatic N) is 2. The number of halogens is 2. The highest BCUT2D eigenvalue weighted by Crippen LogP contribution is 2.16. The molecule has 170 valence electrons. The van der Waals surface area contributed by atoms with Crippen LogP contribution in [0.4, 0.5) is 5.69 Å². The molecule has 7 nitrogen and oxygen atoms in total. The first-order chi connectivity index (χ1) is 14.5. The van der Waals surface area contributed by atoms with E-state index in [0.29, 0.717) is 6.54 Å². The van der Waals surface area contributed by atoms with Gasteiger partial charge in [0.05, 0.1) is 5.69 Å². The second-order valence-electron chi connectivity index (χ2n) is 7.16. The maximum atomic E-state index is 12.1. The number of rotatable bonds is 7. The van der Waals surface area contributed by atoms with Gasteiger partial charge in [0.2, 0.25) is 0 Å². The minimum atomic E-state index is -0.734. The molecule has 1 aromatic carbocycles. The van der Waals surface area contributed by atoms with Crippen LogP contribution in [-0.4, -0.2) is 11.8 Å². The van der Waals surface area contributed by atoms with Crippen molar-refractivity contribution < 1.29 is 66.7 Å². The molecule has 9 heteroatoms. The lowest BCUT2D eigenvalue weighted by Gasteiger charge is -2.13. The molecule has 0 aliphatic rings. The molecule has 0 saturated heterocycles. The fourth-order valence-corrected chi connectivity index (χ4v) is 2.93. The van der Waals surface area contributed by atoms with E-state index >= 15 is 0 Å². The summed E-state index contributed by atoms with van der Waals surface area (Å²) in [7, 11) is 3.90. The predicted molar refractivity (Wildman–Crippen MR) is 113 cm³/mol. The van der Waals surface area contributed by atoms with Crippen LogP contribution in [0, 0.1) is 0 Å². The molecule has 0 fully saturated rings. The Hall–Kier alpha value is -2.28. The molecule has 2 heterocycles. The Labute approximate surface area is 222 Å². The highest BCUT2D eigenvalue weighted by atomic mass is 127. The van der Waals surface area contributed by atoms with E-state index in [1.165, 1.54) is 5.56 Å². The normalized spacial score (nSPS) is 9.69. The number of aromatic nitrogens is 2. The van der Waals surface area contributed by atoms with Crippen molar-refractivity contribution in [2.24, 2.45) is 14.1 Å². The van der Waals surface area contributed by atoms with E-state index in [1.807, 2.05) is 84.4 Å². The molecular formula is C23H27I2N5O2. The predicted octanol–water partition coefficient (Wildman–Crippen LogP) is -5.11. The number of nitrogens with one attached hydrogen (secondary N) is 3. The summed E-state index contributed by atoms with van der Waals surface area (Å²) >= 11 is 0. The fourth-order valence-electron chi connectivity index (χ4n) is 2.93. The summed E-state index contributed by atoms with van der Waals surface area (Å²) in [6.45, 7) is 0.290. The quantitative estimate of drug-likeness (QED) is 0.103. The first-order valence-electron chi connectivity index (χ1n) is 9.82. The summed E-state index contributed by atoms with van der Waals surface area (Å²) in [5.41, 5.74) is 9.35. The van der Waals surface area contributed by atoms with Gasteiger partial charge in [-0.1, -0.05) is 18.2 Å². The molecule has 0 bridgehead atoms. The van der Waals surface area contributed by atoms with Crippen molar-refractivity contribution in [2.75, 3.05) is 5.43 Å². The Morgan fingerprint density at radius 2 is 1.31 bits per heavy atom. The number of benzene rings is 1. The Balaban J connectivity index is 0.00000256. The van der Waals surface area contributed by atoms with Crippen molar-refractivity contribution >= 4 is 17.5 Å². The molecular weight excluding hydrogens is 632 g/mol. The van der Waals surface area contributed by atoms with Crippen molar-refractivity contribution in [3.05, 3.63) is 90.0 Å². The van der Waals surface area contributed by atoms with Crippen molar-refractivity contribution in [2.45, 2.75) is 19.4 Å². The molecule has 0 saturated carbocycles. The first-order valence-corrected chi connectivity index (χ1v) is 9.82. The Bertz CT molecular complexity index is 1010. The molecule has 0 unspecified atom stereocenters. The van der Waals surface area contributed by atoms with Gasteiger partial charge in [-0.3, -0.25) is 20.4 Å². The van der Waals surface area contributed by atoms with Crippen molar-refractivity contribution in [3.63, 3.8) is 0 Å². The van der Waals surface area contributed by atoms with Gasteiger partial charge in [0.15, 0.2) is 24.8 Å². The lowest BCUT2D eigenvalue weighted by atomic mass is 10.0. The van der Waals surface area contributed by atoms with Gasteiger partial charge in [-0.15, -0.1) is 0 Å². The van der Waals surface area contributed by atoms with E-state index in [0.717, 1.165) is 29.7 Å². The zero-order valence-electron chi connectivity index (χ0n) is 18.0. The fraction of sp³-hybridized carbons (Fsp3) is 0.217. The monoisotopic (exact) mass is 659 g/mol. The third kappa shape index (κ3) is 8.69. The van der Waals surface area contributed by atoms with E-state index < -0.39 is 11.8 Å². The molecule has 2 amide bonds. The molecule has 2 aromatic heterocycles. The Morgan fingerprint density at radius 3 is 1.94 bits per heavy atom. The summed E-state index contributed by atoms with van der Waals surface area (Å²) in [6, 6.07) is 15.7. The van der Waals surface area contributed by atoms with Crippen LogP contribution in [0.1, 0.15) is 16.7 Å². The lowest BCUT2D eigenvalue weighted by Crippen LogP contribution is -3.00. The number of hydrogen-bond donors (Lipinski definition) is 3. The number of hydrogen-bond acceptors (Lipinski definition) is 3. The second-order valence-corrected chi connectivity index (χ2v) is 7.16. The summed E-state index contributed by atoms with van der Waals surface area (Å²) in [5, 5.41) is 2.62. The van der Waals surface area contributed by atoms with Gasteiger partial charge in [0.1, 0.15) is 14.1 Å². The van der Waals surface area contributed by atoms with Crippen LogP contribution < -0.4 is 73.3 Å². The van der Waals surface area contributed by atoms with E-state index in [-0.39, 0.29) is 48.0 Å². The van der Waals surface area contributed by atoms with E-state index in [4.69, 9.17) is 0 Å². The lowest BCUT2D eigenvalue weighted by molar-refractivity contribution is -0.671. The molecule has 3 rings (SSSR count). The van der Waals surface area contributed by atoms with Gasteiger partial charge in [0.25, 0.3) is 0 Å². The SMILES string of the molecule is C[n+]1ccc(CCc2ccccc2NNC(=O)C(=O)NCc2cc[n+](C)cc2)cc1.[I-].[I-]. The molecule has 3 N–H and O–H groups in total. The van der Waals surface area contributed by atoms with Crippen LogP contribution in [0.3, 0.4) is 0 Å². The average molecular weight is 659 g/mol. The largest absolute Gasteiger partial charge is 1.00 e. The number of pyridine rings is 2. The summed E-state index contributed by atoms with van der Waals surface area (Å²) in [6.07, 6.45) is 9.50. The van der Waals surface area contributed by atoms with Crippen LogP contribution in [0.2, 0.25) is 0 Å². The second kappa shape index (κ2) is 14.0.